The normalized spacial score (nSPS) is 11.4. The molecular weight excluding hydrogens is 342 g/mol. The van der Waals surface area contributed by atoms with Crippen molar-refractivity contribution < 1.29 is 9.26 Å². The van der Waals surface area contributed by atoms with Gasteiger partial charge in [0.25, 0.3) is 0 Å². The fourth-order valence-corrected chi connectivity index (χ4v) is 2.49. The van der Waals surface area contributed by atoms with Crippen molar-refractivity contribution in [2.75, 3.05) is 26.7 Å². The average molecular weight is 366 g/mol. The lowest BCUT2D eigenvalue weighted by Gasteiger charge is -2.12. The van der Waals surface area contributed by atoms with Crippen molar-refractivity contribution in [3.8, 4) is 5.75 Å². The first-order valence-corrected chi connectivity index (χ1v) is 8.64. The second-order valence-electron chi connectivity index (χ2n) is 5.38. The molecule has 0 saturated carbocycles. The van der Waals surface area contributed by atoms with E-state index in [1.165, 1.54) is 0 Å². The van der Waals surface area contributed by atoms with Crippen molar-refractivity contribution in [1.29, 1.82) is 0 Å². The van der Waals surface area contributed by atoms with Gasteiger partial charge in [-0.3, -0.25) is 4.99 Å². The van der Waals surface area contributed by atoms with Crippen LogP contribution in [-0.4, -0.2) is 42.8 Å². The van der Waals surface area contributed by atoms with E-state index in [0.717, 1.165) is 36.8 Å². The largest absolute Gasteiger partial charge is 0.497 e. The lowest BCUT2D eigenvalue weighted by molar-refractivity contribution is 0.376. The van der Waals surface area contributed by atoms with Gasteiger partial charge in [0.2, 0.25) is 5.89 Å². The van der Waals surface area contributed by atoms with Gasteiger partial charge in [0.15, 0.2) is 11.8 Å². The van der Waals surface area contributed by atoms with Crippen molar-refractivity contribution in [2.45, 2.75) is 26.7 Å². The maximum absolute atomic E-state index is 6.26. The predicted molar refractivity (Wildman–Crippen MR) is 98.4 cm³/mol. The lowest BCUT2D eigenvalue weighted by atomic mass is 10.1. The van der Waals surface area contributed by atoms with E-state index in [2.05, 4.69) is 25.8 Å². The fraction of sp³-hybridized carbons (Fsp3) is 0.471. The molecular formula is C17H24ClN5O2. The Morgan fingerprint density at radius 1 is 1.32 bits per heavy atom. The summed E-state index contributed by atoms with van der Waals surface area (Å²) in [5, 5.41) is 11.0. The first-order chi connectivity index (χ1) is 12.1. The molecule has 1 aromatic carbocycles. The van der Waals surface area contributed by atoms with Crippen LogP contribution in [0.1, 0.15) is 24.2 Å². The third-order valence-corrected chi connectivity index (χ3v) is 3.81. The highest BCUT2D eigenvalue weighted by atomic mass is 35.5. The summed E-state index contributed by atoms with van der Waals surface area (Å²) in [5.41, 5.74) is 1.06. The van der Waals surface area contributed by atoms with E-state index in [0.29, 0.717) is 29.7 Å². The molecule has 8 heteroatoms. The van der Waals surface area contributed by atoms with E-state index in [1.807, 2.05) is 25.1 Å². The van der Waals surface area contributed by atoms with Crippen molar-refractivity contribution in [3.05, 3.63) is 40.5 Å². The second-order valence-corrected chi connectivity index (χ2v) is 5.79. The van der Waals surface area contributed by atoms with Crippen molar-refractivity contribution in [2.24, 2.45) is 4.99 Å². The number of methoxy groups -OCH3 is 1. The van der Waals surface area contributed by atoms with Crippen LogP contribution >= 0.6 is 11.6 Å². The minimum Gasteiger partial charge on any atom is -0.497 e. The number of aryl methyl sites for hydroxylation is 1. The van der Waals surface area contributed by atoms with Gasteiger partial charge in [0.1, 0.15) is 5.75 Å². The van der Waals surface area contributed by atoms with Crippen LogP contribution < -0.4 is 15.4 Å². The highest BCUT2D eigenvalue weighted by Gasteiger charge is 2.05. The molecule has 0 atom stereocenters. The summed E-state index contributed by atoms with van der Waals surface area (Å²) >= 11 is 6.26. The molecule has 0 spiro atoms. The number of aromatic nitrogens is 2. The summed E-state index contributed by atoms with van der Waals surface area (Å²) in [4.78, 5) is 8.68. The van der Waals surface area contributed by atoms with Gasteiger partial charge in [-0.25, -0.2) is 0 Å². The molecule has 0 aliphatic heterocycles. The Morgan fingerprint density at radius 2 is 2.16 bits per heavy atom. The molecule has 7 nitrogen and oxygen atoms in total. The van der Waals surface area contributed by atoms with Crippen LogP contribution in [0.25, 0.3) is 0 Å². The molecule has 25 heavy (non-hydrogen) atoms. The van der Waals surface area contributed by atoms with E-state index in [1.54, 1.807) is 14.0 Å². The Bertz CT molecular complexity index is 702. The maximum atomic E-state index is 6.26. The molecule has 1 aromatic heterocycles. The summed E-state index contributed by atoms with van der Waals surface area (Å²) in [7, 11) is 1.63. The lowest BCUT2D eigenvalue weighted by Crippen LogP contribution is -2.38. The number of rotatable bonds is 8. The number of hydrogen-bond acceptors (Lipinski definition) is 5. The van der Waals surface area contributed by atoms with Gasteiger partial charge in [0, 0.05) is 24.5 Å². The van der Waals surface area contributed by atoms with Gasteiger partial charge in [0.05, 0.1) is 13.7 Å². The number of nitrogens with one attached hydrogen (secondary N) is 2. The standard InChI is InChI=1S/C17H24ClN5O2/c1-4-19-17(21-10-8-16-22-12(2)23-25-16)20-9-7-13-5-6-14(24-3)11-15(13)18/h5-6,11H,4,7-10H2,1-3H3,(H2,19,20,21). The Hall–Kier alpha value is -2.28. The van der Waals surface area contributed by atoms with Gasteiger partial charge >= 0.3 is 0 Å². The maximum Gasteiger partial charge on any atom is 0.228 e. The summed E-state index contributed by atoms with van der Waals surface area (Å²) < 4.78 is 10.2. The summed E-state index contributed by atoms with van der Waals surface area (Å²) in [6.07, 6.45) is 1.40. The Balaban J connectivity index is 1.83. The zero-order valence-corrected chi connectivity index (χ0v) is 15.6. The molecule has 0 amide bonds. The molecule has 2 aromatic rings. The molecule has 136 valence electrons. The van der Waals surface area contributed by atoms with E-state index in [-0.39, 0.29) is 0 Å². The minimum atomic E-state index is 0.570. The number of ether oxygens (including phenoxy) is 1. The molecule has 0 fully saturated rings. The molecule has 1 heterocycles. The molecule has 0 saturated heterocycles. The number of guanidine groups is 1. The predicted octanol–water partition coefficient (Wildman–Crippen LogP) is 2.38. The Kier molecular flexibility index (Phi) is 7.53. The van der Waals surface area contributed by atoms with Crippen LogP contribution in [0.15, 0.2) is 27.7 Å². The fourth-order valence-electron chi connectivity index (χ4n) is 2.22. The van der Waals surface area contributed by atoms with Gasteiger partial charge in [-0.2, -0.15) is 4.98 Å². The van der Waals surface area contributed by atoms with Crippen LogP contribution in [-0.2, 0) is 12.8 Å². The van der Waals surface area contributed by atoms with Gasteiger partial charge in [-0.15, -0.1) is 0 Å². The topological polar surface area (TPSA) is 84.6 Å². The SMILES string of the molecule is CCNC(=NCCc1nc(C)no1)NCCc1ccc(OC)cc1Cl. The van der Waals surface area contributed by atoms with Crippen molar-refractivity contribution in [1.82, 2.24) is 20.8 Å². The van der Waals surface area contributed by atoms with E-state index in [4.69, 9.17) is 20.9 Å². The highest BCUT2D eigenvalue weighted by Crippen LogP contribution is 2.22. The van der Waals surface area contributed by atoms with Crippen molar-refractivity contribution in [3.63, 3.8) is 0 Å². The number of nitrogens with zero attached hydrogens (tertiary/aromatic N) is 3. The smallest absolute Gasteiger partial charge is 0.228 e. The van der Waals surface area contributed by atoms with Gasteiger partial charge in [-0.1, -0.05) is 22.8 Å². The van der Waals surface area contributed by atoms with Crippen LogP contribution in [0.2, 0.25) is 5.02 Å². The number of hydrogen-bond donors (Lipinski definition) is 2. The van der Waals surface area contributed by atoms with E-state index < -0.39 is 0 Å². The number of aliphatic imine (C=N–C) groups is 1. The first kappa shape index (κ1) is 19.1. The van der Waals surface area contributed by atoms with Crippen molar-refractivity contribution >= 4 is 17.6 Å². The zero-order chi connectivity index (χ0) is 18.1. The Labute approximate surface area is 152 Å². The molecule has 0 unspecified atom stereocenters. The Morgan fingerprint density at radius 3 is 2.80 bits per heavy atom. The summed E-state index contributed by atoms with van der Waals surface area (Å²) in [5.74, 6) is 2.75. The summed E-state index contributed by atoms with van der Waals surface area (Å²) in [6, 6.07) is 5.71. The van der Waals surface area contributed by atoms with Crippen LogP contribution in [0.4, 0.5) is 0 Å². The molecule has 2 N–H and O–H groups in total. The highest BCUT2D eigenvalue weighted by molar-refractivity contribution is 6.31. The third kappa shape index (κ3) is 6.26. The number of halogens is 1. The number of benzene rings is 1. The first-order valence-electron chi connectivity index (χ1n) is 8.26. The van der Waals surface area contributed by atoms with Crippen LogP contribution in [0.5, 0.6) is 5.75 Å². The second kappa shape index (κ2) is 9.88. The van der Waals surface area contributed by atoms with Gasteiger partial charge < -0.3 is 19.9 Å². The molecule has 2 rings (SSSR count). The van der Waals surface area contributed by atoms with E-state index >= 15 is 0 Å². The molecule has 0 aliphatic carbocycles. The van der Waals surface area contributed by atoms with Crippen LogP contribution in [0.3, 0.4) is 0 Å². The third-order valence-electron chi connectivity index (χ3n) is 3.46. The monoisotopic (exact) mass is 365 g/mol. The average Bonchev–Trinajstić information content (AvgIpc) is 3.01. The minimum absolute atomic E-state index is 0.570. The zero-order valence-electron chi connectivity index (χ0n) is 14.8. The summed E-state index contributed by atoms with van der Waals surface area (Å²) in [6.45, 7) is 5.90. The van der Waals surface area contributed by atoms with Gasteiger partial charge in [-0.05, 0) is 38.0 Å². The molecule has 0 aliphatic rings. The molecule has 0 radical (unpaired) electrons. The quantitative estimate of drug-likeness (QED) is 0.552. The van der Waals surface area contributed by atoms with Crippen LogP contribution in [0, 0.1) is 6.92 Å². The molecule has 0 bridgehead atoms. The van der Waals surface area contributed by atoms with E-state index in [9.17, 15) is 0 Å².